The quantitative estimate of drug-likeness (QED) is 0.904. The van der Waals surface area contributed by atoms with Crippen molar-refractivity contribution in [1.82, 2.24) is 0 Å². The number of carbonyl (C=O) groups excluding carboxylic acids is 1. The molecule has 1 aliphatic heterocycles. The molecule has 3 rings (SSSR count). The van der Waals surface area contributed by atoms with Crippen LogP contribution in [-0.4, -0.2) is 20.0 Å². The maximum Gasteiger partial charge on any atom is 0.253 e. The highest BCUT2D eigenvalue weighted by atomic mass is 32.2. The van der Waals surface area contributed by atoms with Crippen LogP contribution in [0.2, 0.25) is 0 Å². The molecule has 0 bridgehead atoms. The Bertz CT molecular complexity index is 675. The van der Waals surface area contributed by atoms with Gasteiger partial charge in [-0.1, -0.05) is 0 Å². The van der Waals surface area contributed by atoms with Crippen molar-refractivity contribution in [1.29, 1.82) is 0 Å². The molecular weight excluding hydrogens is 278 g/mol. The number of nitrogens with two attached hydrogens (primary N) is 1. The number of hydrogen-bond donors (Lipinski definition) is 1. The lowest BCUT2D eigenvalue weighted by Crippen LogP contribution is -2.19. The van der Waals surface area contributed by atoms with Crippen LogP contribution in [0.15, 0.2) is 34.3 Å². The second kappa shape index (κ2) is 4.68. The van der Waals surface area contributed by atoms with Gasteiger partial charge in [0.15, 0.2) is 0 Å². The van der Waals surface area contributed by atoms with Crippen molar-refractivity contribution in [2.75, 3.05) is 5.01 Å². The predicted molar refractivity (Wildman–Crippen MR) is 74.7 cm³/mol. The summed E-state index contributed by atoms with van der Waals surface area (Å²) < 4.78 is 22.4. The van der Waals surface area contributed by atoms with Crippen LogP contribution in [0.3, 0.4) is 0 Å². The van der Waals surface area contributed by atoms with Gasteiger partial charge in [0.05, 0.1) is 17.0 Å². The summed E-state index contributed by atoms with van der Waals surface area (Å²) >= 11 is 0. The van der Waals surface area contributed by atoms with Gasteiger partial charge in [0, 0.05) is 5.71 Å². The minimum absolute atomic E-state index is 0.0232. The molecule has 20 heavy (non-hydrogen) atoms. The van der Waals surface area contributed by atoms with Gasteiger partial charge in [0.1, 0.15) is 0 Å². The Morgan fingerprint density at radius 1 is 1.25 bits per heavy atom. The summed E-state index contributed by atoms with van der Waals surface area (Å²) in [5.41, 5.74) is 1.47. The summed E-state index contributed by atoms with van der Waals surface area (Å²) in [5.74, 6) is 0.607. The van der Waals surface area contributed by atoms with Crippen molar-refractivity contribution >= 4 is 27.3 Å². The van der Waals surface area contributed by atoms with E-state index in [9.17, 15) is 13.2 Å². The van der Waals surface area contributed by atoms with Gasteiger partial charge in [-0.3, -0.25) is 4.79 Å². The van der Waals surface area contributed by atoms with Crippen LogP contribution in [0.1, 0.15) is 25.7 Å². The zero-order valence-corrected chi connectivity index (χ0v) is 11.6. The van der Waals surface area contributed by atoms with Crippen LogP contribution in [0.25, 0.3) is 0 Å². The average molecular weight is 293 g/mol. The lowest BCUT2D eigenvalue weighted by atomic mass is 10.1. The molecule has 1 saturated carbocycles. The topological polar surface area (TPSA) is 92.8 Å². The van der Waals surface area contributed by atoms with Crippen LogP contribution < -0.4 is 10.1 Å². The fourth-order valence-corrected chi connectivity index (χ4v) is 2.74. The third kappa shape index (κ3) is 2.73. The largest absolute Gasteiger partial charge is 0.272 e. The zero-order chi connectivity index (χ0) is 14.3. The number of sulfonamides is 1. The molecule has 2 N–H and O–H groups in total. The molecule has 0 spiro atoms. The zero-order valence-electron chi connectivity index (χ0n) is 10.8. The number of anilines is 1. The first-order valence-electron chi connectivity index (χ1n) is 6.45. The molecule has 0 atom stereocenters. The molecule has 7 heteroatoms. The molecule has 6 nitrogen and oxygen atoms in total. The number of benzene rings is 1. The van der Waals surface area contributed by atoms with Gasteiger partial charge in [0.2, 0.25) is 10.0 Å². The molecule has 1 aromatic rings. The van der Waals surface area contributed by atoms with Crippen molar-refractivity contribution in [3.05, 3.63) is 24.3 Å². The number of carbonyl (C=O) groups is 1. The monoisotopic (exact) mass is 293 g/mol. The second-order valence-corrected chi connectivity index (χ2v) is 6.80. The summed E-state index contributed by atoms with van der Waals surface area (Å²) in [6, 6.07) is 5.85. The molecule has 106 valence electrons. The van der Waals surface area contributed by atoms with Crippen LogP contribution in [-0.2, 0) is 14.8 Å². The molecule has 0 saturated heterocycles. The molecule has 2 aliphatic rings. The fraction of sp³-hybridized carbons (Fsp3) is 0.385. The van der Waals surface area contributed by atoms with E-state index in [0.717, 1.165) is 12.1 Å². The minimum atomic E-state index is -3.71. The fourth-order valence-electron chi connectivity index (χ4n) is 2.23. The van der Waals surface area contributed by atoms with E-state index in [1.165, 1.54) is 30.0 Å². The highest BCUT2D eigenvalue weighted by Crippen LogP contribution is 2.34. The maximum absolute atomic E-state index is 11.9. The third-order valence-corrected chi connectivity index (χ3v) is 4.39. The Kier molecular flexibility index (Phi) is 3.10. The van der Waals surface area contributed by atoms with Crippen LogP contribution in [0.5, 0.6) is 0 Å². The summed E-state index contributed by atoms with van der Waals surface area (Å²) in [6.45, 7) is 0. The number of hydrazone groups is 1. The molecule has 1 heterocycles. The molecular formula is C13H15N3O3S. The SMILES string of the molecule is NS(=O)(=O)c1ccc(N2N=C(CC3CC3)CC2=O)cc1. The predicted octanol–water partition coefficient (Wildman–Crippen LogP) is 1.23. The van der Waals surface area contributed by atoms with E-state index in [0.29, 0.717) is 18.0 Å². The molecule has 0 radical (unpaired) electrons. The first-order valence-corrected chi connectivity index (χ1v) is 8.00. The van der Waals surface area contributed by atoms with Crippen LogP contribution in [0, 0.1) is 5.92 Å². The summed E-state index contributed by atoms with van der Waals surface area (Å²) in [5, 5.41) is 10.7. The van der Waals surface area contributed by atoms with Gasteiger partial charge in [0.25, 0.3) is 5.91 Å². The number of rotatable bonds is 4. The Morgan fingerprint density at radius 2 is 1.90 bits per heavy atom. The van der Waals surface area contributed by atoms with E-state index < -0.39 is 10.0 Å². The number of primary sulfonamides is 1. The Labute approximate surface area is 117 Å². The lowest BCUT2D eigenvalue weighted by molar-refractivity contribution is -0.116. The third-order valence-electron chi connectivity index (χ3n) is 3.46. The van der Waals surface area contributed by atoms with Crippen molar-refractivity contribution < 1.29 is 13.2 Å². The molecule has 1 aromatic carbocycles. The molecule has 1 fully saturated rings. The van der Waals surface area contributed by atoms with Gasteiger partial charge in [-0.05, 0) is 49.4 Å². The smallest absolute Gasteiger partial charge is 0.253 e. The van der Waals surface area contributed by atoms with Gasteiger partial charge >= 0.3 is 0 Å². The maximum atomic E-state index is 11.9. The van der Waals surface area contributed by atoms with Crippen LogP contribution in [0.4, 0.5) is 5.69 Å². The van der Waals surface area contributed by atoms with E-state index in [1.807, 2.05) is 0 Å². The number of amides is 1. The Hall–Kier alpha value is -1.73. The average Bonchev–Trinajstić information content (AvgIpc) is 3.11. The van der Waals surface area contributed by atoms with E-state index >= 15 is 0 Å². The highest BCUT2D eigenvalue weighted by Gasteiger charge is 2.30. The van der Waals surface area contributed by atoms with E-state index in [1.54, 1.807) is 12.1 Å². The van der Waals surface area contributed by atoms with Crippen molar-refractivity contribution in [3.63, 3.8) is 0 Å². The molecule has 1 aliphatic carbocycles. The highest BCUT2D eigenvalue weighted by molar-refractivity contribution is 7.89. The van der Waals surface area contributed by atoms with E-state index in [-0.39, 0.29) is 10.8 Å². The summed E-state index contributed by atoms with van der Waals surface area (Å²) in [4.78, 5) is 12.0. The normalized spacial score (nSPS) is 19.4. The Balaban J connectivity index is 1.81. The first-order chi connectivity index (χ1) is 9.43. The minimum Gasteiger partial charge on any atom is -0.272 e. The van der Waals surface area contributed by atoms with E-state index in [2.05, 4.69) is 5.10 Å². The van der Waals surface area contributed by atoms with Gasteiger partial charge in [-0.25, -0.2) is 18.6 Å². The summed E-state index contributed by atoms with van der Waals surface area (Å²) in [7, 11) is -3.71. The molecule has 0 aromatic heterocycles. The lowest BCUT2D eigenvalue weighted by Gasteiger charge is -2.11. The van der Waals surface area contributed by atoms with Gasteiger partial charge in [-0.2, -0.15) is 5.10 Å². The van der Waals surface area contributed by atoms with E-state index in [4.69, 9.17) is 5.14 Å². The molecule has 1 amide bonds. The van der Waals surface area contributed by atoms with Crippen molar-refractivity contribution in [2.24, 2.45) is 16.2 Å². The second-order valence-electron chi connectivity index (χ2n) is 5.23. The van der Waals surface area contributed by atoms with Crippen molar-refractivity contribution in [2.45, 2.75) is 30.6 Å². The standard InChI is InChI=1S/C13H15N3O3S/c14-20(18,19)12-5-3-11(4-6-12)16-13(17)8-10(15-16)7-9-1-2-9/h3-6,9H,1-2,7-8H2,(H2,14,18,19). The summed E-state index contributed by atoms with van der Waals surface area (Å²) in [6.07, 6.45) is 3.68. The number of hydrogen-bond acceptors (Lipinski definition) is 4. The number of nitrogens with zero attached hydrogens (tertiary/aromatic N) is 2. The van der Waals surface area contributed by atoms with Crippen LogP contribution >= 0.6 is 0 Å². The van der Waals surface area contributed by atoms with Crippen molar-refractivity contribution in [3.8, 4) is 0 Å². The van der Waals surface area contributed by atoms with Gasteiger partial charge in [-0.15, -0.1) is 0 Å². The molecule has 0 unspecified atom stereocenters. The first kappa shape index (κ1) is 13.3. The Morgan fingerprint density at radius 3 is 2.45 bits per heavy atom. The van der Waals surface area contributed by atoms with Gasteiger partial charge < -0.3 is 0 Å².